The lowest BCUT2D eigenvalue weighted by molar-refractivity contribution is 0.0694. The number of nitrogens with zero attached hydrogens (tertiary/aromatic N) is 2. The second kappa shape index (κ2) is 6.94. The average molecular weight is 389 g/mol. The van der Waals surface area contributed by atoms with Crippen LogP contribution in [0.2, 0.25) is 0 Å². The number of allylic oxidation sites excluding steroid dienone is 1. The van der Waals surface area contributed by atoms with E-state index in [0.29, 0.717) is 11.4 Å². The van der Waals surface area contributed by atoms with E-state index in [2.05, 4.69) is 15.3 Å². The first-order chi connectivity index (χ1) is 13.9. The SMILES string of the molecule is CC(C)(Nc1oc(C=C2C=Nc3ncccc32)c(O)c1C(=O)O)c1ccccc1. The molecule has 4 rings (SSSR count). The molecular formula is C22H19N3O4. The van der Waals surface area contributed by atoms with E-state index < -0.39 is 17.3 Å². The van der Waals surface area contributed by atoms with Crippen LogP contribution in [-0.4, -0.2) is 27.4 Å². The van der Waals surface area contributed by atoms with Gasteiger partial charge in [-0.3, -0.25) is 0 Å². The molecule has 146 valence electrons. The van der Waals surface area contributed by atoms with E-state index >= 15 is 0 Å². The van der Waals surface area contributed by atoms with Crippen LogP contribution in [0.5, 0.6) is 5.75 Å². The summed E-state index contributed by atoms with van der Waals surface area (Å²) in [7, 11) is 0. The fourth-order valence-electron chi connectivity index (χ4n) is 3.22. The van der Waals surface area contributed by atoms with Crippen molar-refractivity contribution in [3.63, 3.8) is 0 Å². The van der Waals surface area contributed by atoms with E-state index in [1.165, 1.54) is 0 Å². The fraction of sp³-hybridized carbons (Fsp3) is 0.136. The van der Waals surface area contributed by atoms with Crippen LogP contribution >= 0.6 is 0 Å². The van der Waals surface area contributed by atoms with Gasteiger partial charge < -0.3 is 19.9 Å². The number of benzene rings is 1. The summed E-state index contributed by atoms with van der Waals surface area (Å²) in [5, 5.41) is 23.3. The third-order valence-electron chi connectivity index (χ3n) is 4.75. The van der Waals surface area contributed by atoms with E-state index in [9.17, 15) is 15.0 Å². The summed E-state index contributed by atoms with van der Waals surface area (Å²) < 4.78 is 5.74. The number of anilines is 1. The number of carboxylic acids is 1. The standard InChI is InChI=1S/C22H19N3O4/c1-22(2,14-7-4-3-5-8-14)25-20-17(21(27)28)18(26)16(29-20)11-13-12-24-19-15(13)9-6-10-23-19/h3-12,25-26H,1-2H3,(H,27,28). The predicted octanol–water partition coefficient (Wildman–Crippen LogP) is 4.68. The minimum atomic E-state index is -1.29. The summed E-state index contributed by atoms with van der Waals surface area (Å²) in [4.78, 5) is 20.2. The predicted molar refractivity (Wildman–Crippen MR) is 111 cm³/mol. The van der Waals surface area contributed by atoms with Crippen LogP contribution in [0.15, 0.2) is 58.1 Å². The van der Waals surface area contributed by atoms with Crippen LogP contribution in [0, 0.1) is 0 Å². The maximum atomic E-state index is 11.8. The third-order valence-corrected chi connectivity index (χ3v) is 4.75. The van der Waals surface area contributed by atoms with Gasteiger partial charge >= 0.3 is 5.97 Å². The Labute approximate surface area is 167 Å². The summed E-state index contributed by atoms with van der Waals surface area (Å²) in [5.41, 5.74) is 1.44. The van der Waals surface area contributed by atoms with Gasteiger partial charge in [0.15, 0.2) is 22.9 Å². The lowest BCUT2D eigenvalue weighted by Crippen LogP contribution is -2.28. The van der Waals surface area contributed by atoms with Gasteiger partial charge in [0.25, 0.3) is 0 Å². The Hall–Kier alpha value is -3.87. The smallest absolute Gasteiger partial charge is 0.345 e. The van der Waals surface area contributed by atoms with Crippen LogP contribution in [-0.2, 0) is 5.54 Å². The van der Waals surface area contributed by atoms with Crippen LogP contribution in [0.4, 0.5) is 11.7 Å². The number of rotatable bonds is 5. The molecule has 7 nitrogen and oxygen atoms in total. The lowest BCUT2D eigenvalue weighted by Gasteiger charge is -2.26. The van der Waals surface area contributed by atoms with Crippen molar-refractivity contribution in [3.8, 4) is 5.75 Å². The van der Waals surface area contributed by atoms with Crippen molar-refractivity contribution in [2.45, 2.75) is 19.4 Å². The molecule has 0 spiro atoms. The van der Waals surface area contributed by atoms with E-state index in [-0.39, 0.29) is 17.2 Å². The number of fused-ring (bicyclic) bond motifs is 1. The Morgan fingerprint density at radius 1 is 1.17 bits per heavy atom. The Morgan fingerprint density at radius 3 is 2.66 bits per heavy atom. The minimum Gasteiger partial charge on any atom is -0.504 e. The van der Waals surface area contributed by atoms with Crippen molar-refractivity contribution in [2.75, 3.05) is 5.32 Å². The van der Waals surface area contributed by atoms with Crippen molar-refractivity contribution in [1.82, 2.24) is 4.98 Å². The zero-order chi connectivity index (χ0) is 20.6. The van der Waals surface area contributed by atoms with Gasteiger partial charge in [-0.25, -0.2) is 14.8 Å². The van der Waals surface area contributed by atoms with Crippen molar-refractivity contribution in [1.29, 1.82) is 0 Å². The van der Waals surface area contributed by atoms with Crippen molar-refractivity contribution < 1.29 is 19.4 Å². The lowest BCUT2D eigenvalue weighted by atomic mass is 9.94. The number of hydrogen-bond donors (Lipinski definition) is 3. The molecule has 0 saturated carbocycles. The number of carbonyl (C=O) groups is 1. The summed E-state index contributed by atoms with van der Waals surface area (Å²) in [5.74, 6) is -1.15. The highest BCUT2D eigenvalue weighted by Gasteiger charge is 2.30. The molecule has 1 aliphatic heterocycles. The Morgan fingerprint density at radius 2 is 1.93 bits per heavy atom. The highest BCUT2D eigenvalue weighted by Crippen LogP contribution is 2.39. The molecule has 0 unspecified atom stereocenters. The monoisotopic (exact) mass is 389 g/mol. The zero-order valence-corrected chi connectivity index (χ0v) is 15.9. The second-order valence-electron chi connectivity index (χ2n) is 7.17. The number of nitrogens with one attached hydrogen (secondary N) is 1. The maximum absolute atomic E-state index is 11.8. The number of aromatic nitrogens is 1. The first-order valence-corrected chi connectivity index (χ1v) is 9.01. The number of carboxylic acid groups (broad SMARTS) is 1. The molecule has 1 aliphatic rings. The Kier molecular flexibility index (Phi) is 4.43. The van der Waals surface area contributed by atoms with Gasteiger partial charge in [-0.2, -0.15) is 0 Å². The van der Waals surface area contributed by atoms with Gasteiger partial charge in [0.05, 0.1) is 5.54 Å². The van der Waals surface area contributed by atoms with Crippen LogP contribution in [0.25, 0.3) is 11.6 Å². The average Bonchev–Trinajstić information content (AvgIpc) is 3.23. The second-order valence-corrected chi connectivity index (χ2v) is 7.17. The quantitative estimate of drug-likeness (QED) is 0.585. The number of furan rings is 1. The van der Waals surface area contributed by atoms with Crippen molar-refractivity contribution >= 4 is 35.5 Å². The highest BCUT2D eigenvalue weighted by molar-refractivity contribution is 6.21. The van der Waals surface area contributed by atoms with Gasteiger partial charge in [0, 0.05) is 23.5 Å². The van der Waals surface area contributed by atoms with Crippen LogP contribution in [0.1, 0.15) is 41.1 Å². The molecule has 7 heteroatoms. The molecule has 29 heavy (non-hydrogen) atoms. The molecule has 0 saturated heterocycles. The molecule has 0 radical (unpaired) electrons. The molecule has 3 aromatic rings. The van der Waals surface area contributed by atoms with Crippen LogP contribution < -0.4 is 5.32 Å². The summed E-state index contributed by atoms with van der Waals surface area (Å²) in [6.07, 6.45) is 4.79. The number of hydrogen-bond acceptors (Lipinski definition) is 6. The maximum Gasteiger partial charge on any atom is 0.345 e. The largest absolute Gasteiger partial charge is 0.504 e. The Bertz CT molecular complexity index is 1140. The number of aromatic hydroxyl groups is 1. The van der Waals surface area contributed by atoms with E-state index in [1.807, 2.05) is 50.2 Å². The molecule has 2 aromatic heterocycles. The topological polar surface area (TPSA) is 108 Å². The first kappa shape index (κ1) is 18.5. The van der Waals surface area contributed by atoms with Crippen molar-refractivity contribution in [3.05, 3.63) is 71.1 Å². The molecule has 0 fully saturated rings. The molecule has 3 heterocycles. The molecule has 0 bridgehead atoms. The van der Waals surface area contributed by atoms with E-state index in [0.717, 1.165) is 11.1 Å². The molecule has 1 aromatic carbocycles. The van der Waals surface area contributed by atoms with Crippen molar-refractivity contribution in [2.24, 2.45) is 4.99 Å². The van der Waals surface area contributed by atoms with Gasteiger partial charge in [-0.05, 0) is 37.6 Å². The molecule has 0 aliphatic carbocycles. The minimum absolute atomic E-state index is 0.0166. The normalized spacial score (nSPS) is 14.2. The van der Waals surface area contributed by atoms with Gasteiger partial charge in [-0.1, -0.05) is 30.3 Å². The van der Waals surface area contributed by atoms with E-state index in [4.69, 9.17) is 4.42 Å². The third kappa shape index (κ3) is 3.38. The van der Waals surface area contributed by atoms with Crippen LogP contribution in [0.3, 0.4) is 0 Å². The zero-order valence-electron chi connectivity index (χ0n) is 15.9. The summed E-state index contributed by atoms with van der Waals surface area (Å²) in [6.45, 7) is 3.80. The number of aliphatic imine (C=N–C) groups is 1. The van der Waals surface area contributed by atoms with Gasteiger partial charge in [0.1, 0.15) is 0 Å². The summed E-state index contributed by atoms with van der Waals surface area (Å²) >= 11 is 0. The molecule has 0 atom stereocenters. The molecular weight excluding hydrogens is 370 g/mol. The van der Waals surface area contributed by atoms with Gasteiger partial charge in [-0.15, -0.1) is 0 Å². The Balaban J connectivity index is 1.75. The number of aromatic carboxylic acids is 1. The highest BCUT2D eigenvalue weighted by atomic mass is 16.4. The molecule has 0 amide bonds. The van der Waals surface area contributed by atoms with E-state index in [1.54, 1.807) is 24.6 Å². The first-order valence-electron chi connectivity index (χ1n) is 9.01. The number of pyridine rings is 1. The van der Waals surface area contributed by atoms with Gasteiger partial charge in [0.2, 0.25) is 5.88 Å². The molecule has 3 N–H and O–H groups in total. The fourth-order valence-corrected chi connectivity index (χ4v) is 3.22. The summed E-state index contributed by atoms with van der Waals surface area (Å²) in [6, 6.07) is 13.2.